The van der Waals surface area contributed by atoms with E-state index >= 15 is 0 Å². The van der Waals surface area contributed by atoms with Crippen molar-refractivity contribution in [3.05, 3.63) is 27.2 Å². The number of fused-ring (bicyclic) bond motifs is 5. The molecule has 0 aliphatic heterocycles. The number of benzene rings is 1. The van der Waals surface area contributed by atoms with Crippen molar-refractivity contribution in [1.29, 1.82) is 0 Å². The van der Waals surface area contributed by atoms with Gasteiger partial charge in [-0.3, -0.25) is 0 Å². The SMILES string of the molecule is C#C[C@]1(O)CC[C@H]2[C@@H]3CCc4c(cc(Cl)c(O)c4Cl)[C@H]3CC[C@@]21C. The first kappa shape index (κ1) is 16.6. The number of phenols is 1. The Kier molecular flexibility index (Phi) is 3.67. The van der Waals surface area contributed by atoms with E-state index in [-0.39, 0.29) is 11.2 Å². The zero-order valence-corrected chi connectivity index (χ0v) is 15.3. The van der Waals surface area contributed by atoms with Gasteiger partial charge in [0.15, 0.2) is 5.75 Å². The van der Waals surface area contributed by atoms with E-state index in [9.17, 15) is 10.2 Å². The summed E-state index contributed by atoms with van der Waals surface area (Å²) in [6, 6.07) is 1.90. The number of aliphatic hydroxyl groups is 1. The van der Waals surface area contributed by atoms with Gasteiger partial charge in [-0.2, -0.15) is 0 Å². The van der Waals surface area contributed by atoms with E-state index in [1.54, 1.807) is 0 Å². The first-order valence-electron chi connectivity index (χ1n) is 8.72. The van der Waals surface area contributed by atoms with Crippen LogP contribution in [0.2, 0.25) is 10.0 Å². The van der Waals surface area contributed by atoms with E-state index in [1.807, 2.05) is 6.07 Å². The Morgan fingerprint density at radius 1 is 1.25 bits per heavy atom. The summed E-state index contributed by atoms with van der Waals surface area (Å²) < 4.78 is 0. The second-order valence-corrected chi connectivity index (χ2v) is 8.79. The average molecular weight is 365 g/mol. The topological polar surface area (TPSA) is 40.5 Å². The molecule has 0 radical (unpaired) electrons. The minimum atomic E-state index is -0.979. The molecule has 2 saturated carbocycles. The highest BCUT2D eigenvalue weighted by molar-refractivity contribution is 6.37. The monoisotopic (exact) mass is 364 g/mol. The highest BCUT2D eigenvalue weighted by atomic mass is 35.5. The lowest BCUT2D eigenvalue weighted by Crippen LogP contribution is -2.50. The van der Waals surface area contributed by atoms with E-state index in [2.05, 4.69) is 12.8 Å². The van der Waals surface area contributed by atoms with Crippen molar-refractivity contribution < 1.29 is 10.2 Å². The molecule has 0 spiro atoms. The fourth-order valence-corrected chi connectivity index (χ4v) is 6.46. The second kappa shape index (κ2) is 5.31. The van der Waals surface area contributed by atoms with E-state index in [0.717, 1.165) is 37.7 Å². The molecule has 2 nitrogen and oxygen atoms in total. The van der Waals surface area contributed by atoms with Gasteiger partial charge in [-0.15, -0.1) is 6.42 Å². The maximum atomic E-state index is 11.0. The largest absolute Gasteiger partial charge is 0.505 e. The van der Waals surface area contributed by atoms with Gasteiger partial charge in [0.25, 0.3) is 0 Å². The van der Waals surface area contributed by atoms with Crippen LogP contribution in [0.4, 0.5) is 0 Å². The smallest absolute Gasteiger partial charge is 0.153 e. The fraction of sp³-hybridized carbons (Fsp3) is 0.600. The normalized spacial score (nSPS) is 40.4. The van der Waals surface area contributed by atoms with Crippen LogP contribution in [0.1, 0.15) is 56.1 Å². The number of phenolic OH excluding ortho intramolecular Hbond substituents is 1. The third-order valence-corrected chi connectivity index (χ3v) is 7.98. The summed E-state index contributed by atoms with van der Waals surface area (Å²) in [6.45, 7) is 2.17. The summed E-state index contributed by atoms with van der Waals surface area (Å²) >= 11 is 12.5. The predicted molar refractivity (Wildman–Crippen MR) is 96.5 cm³/mol. The van der Waals surface area contributed by atoms with Crippen LogP contribution >= 0.6 is 23.2 Å². The minimum absolute atomic E-state index is 0.00115. The van der Waals surface area contributed by atoms with Gasteiger partial charge in [-0.25, -0.2) is 0 Å². The Hall–Kier alpha value is -0.880. The van der Waals surface area contributed by atoms with Crippen LogP contribution in [0.15, 0.2) is 6.07 Å². The third kappa shape index (κ3) is 1.96. The molecule has 2 fully saturated rings. The van der Waals surface area contributed by atoms with Crippen LogP contribution in [0.5, 0.6) is 5.75 Å². The van der Waals surface area contributed by atoms with E-state index in [0.29, 0.717) is 34.2 Å². The summed E-state index contributed by atoms with van der Waals surface area (Å²) in [7, 11) is 0. The number of hydrogen-bond donors (Lipinski definition) is 2. The van der Waals surface area contributed by atoms with Crippen LogP contribution in [-0.2, 0) is 6.42 Å². The maximum Gasteiger partial charge on any atom is 0.153 e. The zero-order valence-electron chi connectivity index (χ0n) is 13.8. The molecule has 3 aliphatic carbocycles. The van der Waals surface area contributed by atoms with Crippen molar-refractivity contribution in [2.24, 2.45) is 17.3 Å². The van der Waals surface area contributed by atoms with E-state index < -0.39 is 5.60 Å². The van der Waals surface area contributed by atoms with E-state index in [1.165, 1.54) is 5.56 Å². The summed E-state index contributed by atoms with van der Waals surface area (Å²) in [6.07, 6.45) is 11.1. The molecular formula is C20H22Cl2O2. The molecule has 1 aromatic rings. The number of aromatic hydroxyl groups is 1. The van der Waals surface area contributed by atoms with Gasteiger partial charge < -0.3 is 10.2 Å². The second-order valence-electron chi connectivity index (χ2n) is 8.00. The molecule has 4 rings (SSSR count). The van der Waals surface area contributed by atoms with Crippen molar-refractivity contribution in [2.45, 2.75) is 57.0 Å². The fourth-order valence-electron chi connectivity index (χ4n) is 5.89. The summed E-state index contributed by atoms with van der Waals surface area (Å²) in [5.74, 6) is 4.01. The maximum absolute atomic E-state index is 11.0. The van der Waals surface area contributed by atoms with Crippen molar-refractivity contribution in [2.75, 3.05) is 0 Å². The summed E-state index contributed by atoms with van der Waals surface area (Å²) in [5, 5.41) is 21.7. The van der Waals surface area contributed by atoms with Gasteiger partial charge in [0.2, 0.25) is 0 Å². The van der Waals surface area contributed by atoms with Gasteiger partial charge >= 0.3 is 0 Å². The van der Waals surface area contributed by atoms with Crippen molar-refractivity contribution in [1.82, 2.24) is 0 Å². The third-order valence-electron chi connectivity index (χ3n) is 7.28. The van der Waals surface area contributed by atoms with Crippen LogP contribution < -0.4 is 0 Å². The lowest BCUT2D eigenvalue weighted by atomic mass is 9.53. The Bertz CT molecular complexity index is 753. The quantitative estimate of drug-likeness (QED) is 0.641. The minimum Gasteiger partial charge on any atom is -0.505 e. The highest BCUT2D eigenvalue weighted by Crippen LogP contribution is 2.64. The van der Waals surface area contributed by atoms with Gasteiger partial charge in [-0.05, 0) is 73.5 Å². The molecule has 0 unspecified atom stereocenters. The number of hydrogen-bond acceptors (Lipinski definition) is 2. The van der Waals surface area contributed by atoms with Crippen LogP contribution in [-0.4, -0.2) is 15.8 Å². The summed E-state index contributed by atoms with van der Waals surface area (Å²) in [4.78, 5) is 0. The molecule has 3 aliphatic rings. The first-order valence-corrected chi connectivity index (χ1v) is 9.48. The molecule has 24 heavy (non-hydrogen) atoms. The Morgan fingerprint density at radius 2 is 2.00 bits per heavy atom. The zero-order chi connectivity index (χ0) is 17.3. The van der Waals surface area contributed by atoms with Crippen LogP contribution in [0.3, 0.4) is 0 Å². The highest BCUT2D eigenvalue weighted by Gasteiger charge is 2.61. The number of terminal acetylenes is 1. The molecule has 0 amide bonds. The Morgan fingerprint density at radius 3 is 2.71 bits per heavy atom. The molecular weight excluding hydrogens is 343 g/mol. The standard InChI is InChI=1S/C20H22Cl2O2/c1-3-20(24)9-7-15-12-4-5-13-14(10-16(21)18(23)17(13)22)11(12)6-8-19(15,20)2/h1,10-12,15,23-24H,4-9H2,2H3/t11-,12+,15-,19-,20-/m0/s1. The van der Waals surface area contributed by atoms with E-state index in [4.69, 9.17) is 29.6 Å². The van der Waals surface area contributed by atoms with Crippen molar-refractivity contribution in [3.63, 3.8) is 0 Å². The molecule has 5 atom stereocenters. The van der Waals surface area contributed by atoms with Gasteiger partial charge in [0.05, 0.1) is 10.0 Å². The average Bonchev–Trinajstić information content (AvgIpc) is 2.85. The number of halogens is 2. The molecule has 1 aromatic carbocycles. The molecule has 2 N–H and O–H groups in total. The number of rotatable bonds is 0. The first-order chi connectivity index (χ1) is 11.3. The van der Waals surface area contributed by atoms with Crippen molar-refractivity contribution in [3.8, 4) is 18.1 Å². The van der Waals surface area contributed by atoms with Gasteiger partial charge in [0.1, 0.15) is 5.60 Å². The van der Waals surface area contributed by atoms with Crippen LogP contribution in [0.25, 0.3) is 0 Å². The van der Waals surface area contributed by atoms with Gasteiger partial charge in [-0.1, -0.05) is 36.0 Å². The summed E-state index contributed by atoms with van der Waals surface area (Å²) in [5.41, 5.74) is 1.06. The van der Waals surface area contributed by atoms with Crippen LogP contribution in [0, 0.1) is 29.6 Å². The molecule has 0 aromatic heterocycles. The Balaban J connectivity index is 1.76. The van der Waals surface area contributed by atoms with Crippen molar-refractivity contribution >= 4 is 23.2 Å². The molecule has 0 heterocycles. The van der Waals surface area contributed by atoms with Gasteiger partial charge in [0, 0.05) is 5.41 Å². The lowest BCUT2D eigenvalue weighted by Gasteiger charge is -2.52. The molecule has 0 bridgehead atoms. The molecule has 0 saturated heterocycles. The predicted octanol–water partition coefficient (Wildman–Crippen LogP) is 4.92. The molecule has 128 valence electrons. The Labute approximate surface area is 153 Å². The lowest BCUT2D eigenvalue weighted by molar-refractivity contribution is -0.0646. The molecule has 4 heteroatoms.